The maximum Gasteiger partial charge on any atom is 0.123 e. The fourth-order valence-corrected chi connectivity index (χ4v) is 3.61. The molecule has 0 amide bonds. The first-order valence-corrected chi connectivity index (χ1v) is 8.26. The molecule has 1 heterocycles. The van der Waals surface area contributed by atoms with E-state index in [1.807, 2.05) is 12.1 Å². The van der Waals surface area contributed by atoms with Gasteiger partial charge in [0.05, 0.1) is 11.8 Å². The van der Waals surface area contributed by atoms with Gasteiger partial charge in [0.1, 0.15) is 11.6 Å². The molecule has 4 rings (SSSR count). The van der Waals surface area contributed by atoms with Crippen LogP contribution in [-0.4, -0.2) is 5.71 Å². The predicted molar refractivity (Wildman–Crippen MR) is 91.4 cm³/mol. The minimum atomic E-state index is -0.227. The standard InChI is InChI=1S/C20H18F2N2/c21-16-8-4-13(5-9-16)12-15-2-1-3-18-19(23-24-20(15)18)14-6-10-17(22)11-7-14/h4-12,18-19,23H,1-3H2/b15-12+/t18-,19+/m1/s1. The Morgan fingerprint density at radius 1 is 0.958 bits per heavy atom. The van der Waals surface area contributed by atoms with E-state index in [-0.39, 0.29) is 17.7 Å². The maximum atomic E-state index is 13.2. The van der Waals surface area contributed by atoms with Crippen LogP contribution in [-0.2, 0) is 0 Å². The summed E-state index contributed by atoms with van der Waals surface area (Å²) in [7, 11) is 0. The summed E-state index contributed by atoms with van der Waals surface area (Å²) in [6.07, 6.45) is 5.23. The number of allylic oxidation sites excluding steroid dienone is 1. The van der Waals surface area contributed by atoms with Crippen molar-refractivity contribution in [2.24, 2.45) is 11.0 Å². The number of rotatable bonds is 2. The third-order valence-corrected chi connectivity index (χ3v) is 4.81. The topological polar surface area (TPSA) is 24.4 Å². The summed E-state index contributed by atoms with van der Waals surface area (Å²) in [4.78, 5) is 0. The third kappa shape index (κ3) is 2.84. The van der Waals surface area contributed by atoms with Gasteiger partial charge in [0.2, 0.25) is 0 Å². The summed E-state index contributed by atoms with van der Waals surface area (Å²) in [6, 6.07) is 13.2. The third-order valence-electron chi connectivity index (χ3n) is 4.81. The Labute approximate surface area is 139 Å². The van der Waals surface area contributed by atoms with Gasteiger partial charge in [0.25, 0.3) is 0 Å². The van der Waals surface area contributed by atoms with Crippen LogP contribution in [0.25, 0.3) is 6.08 Å². The Bertz CT molecular complexity index is 791. The Balaban J connectivity index is 1.60. The summed E-state index contributed by atoms with van der Waals surface area (Å²) >= 11 is 0. The van der Waals surface area contributed by atoms with Crippen LogP contribution < -0.4 is 5.43 Å². The largest absolute Gasteiger partial charge is 0.302 e. The number of hydrogen-bond donors (Lipinski definition) is 1. The van der Waals surface area contributed by atoms with E-state index in [9.17, 15) is 8.78 Å². The Hall–Kier alpha value is -2.49. The summed E-state index contributed by atoms with van der Waals surface area (Å²) in [5.41, 5.74) is 7.56. The summed E-state index contributed by atoms with van der Waals surface area (Å²) in [6.45, 7) is 0. The van der Waals surface area contributed by atoms with Gasteiger partial charge in [-0.2, -0.15) is 5.10 Å². The molecule has 2 aromatic rings. The molecule has 1 saturated carbocycles. The van der Waals surface area contributed by atoms with Crippen LogP contribution in [0.5, 0.6) is 0 Å². The molecule has 0 bridgehead atoms. The Morgan fingerprint density at radius 2 is 1.62 bits per heavy atom. The molecule has 2 nitrogen and oxygen atoms in total. The minimum absolute atomic E-state index is 0.0949. The van der Waals surface area contributed by atoms with Crippen molar-refractivity contribution in [2.75, 3.05) is 0 Å². The number of hydrazone groups is 1. The van der Waals surface area contributed by atoms with Crippen LogP contribution in [0.3, 0.4) is 0 Å². The summed E-state index contributed by atoms with van der Waals surface area (Å²) < 4.78 is 26.2. The molecule has 0 radical (unpaired) electrons. The summed E-state index contributed by atoms with van der Waals surface area (Å²) in [5, 5.41) is 4.56. The van der Waals surface area contributed by atoms with Gasteiger partial charge in [0.15, 0.2) is 0 Å². The van der Waals surface area contributed by atoms with Crippen LogP contribution in [0.4, 0.5) is 8.78 Å². The van der Waals surface area contributed by atoms with E-state index in [1.54, 1.807) is 12.1 Å². The smallest absolute Gasteiger partial charge is 0.123 e. The normalized spacial score (nSPS) is 24.4. The van der Waals surface area contributed by atoms with Gasteiger partial charge in [0, 0.05) is 5.92 Å². The van der Waals surface area contributed by atoms with Crippen molar-refractivity contribution in [1.29, 1.82) is 0 Å². The van der Waals surface area contributed by atoms with E-state index in [0.29, 0.717) is 5.92 Å². The van der Waals surface area contributed by atoms with Gasteiger partial charge in [-0.15, -0.1) is 0 Å². The van der Waals surface area contributed by atoms with Crippen LogP contribution >= 0.6 is 0 Å². The first-order chi connectivity index (χ1) is 11.7. The molecule has 1 aliphatic heterocycles. The van der Waals surface area contributed by atoms with Gasteiger partial charge in [-0.3, -0.25) is 0 Å². The van der Waals surface area contributed by atoms with Crippen molar-refractivity contribution < 1.29 is 8.78 Å². The molecule has 2 aliphatic rings. The number of nitrogens with zero attached hydrogens (tertiary/aromatic N) is 1. The van der Waals surface area contributed by atoms with Crippen molar-refractivity contribution in [3.05, 3.63) is 76.9 Å². The van der Waals surface area contributed by atoms with E-state index in [0.717, 1.165) is 36.1 Å². The fourth-order valence-electron chi connectivity index (χ4n) is 3.61. The monoisotopic (exact) mass is 324 g/mol. The molecule has 24 heavy (non-hydrogen) atoms. The molecule has 2 atom stereocenters. The molecule has 4 heteroatoms. The lowest BCUT2D eigenvalue weighted by Crippen LogP contribution is -2.25. The highest BCUT2D eigenvalue weighted by atomic mass is 19.1. The Morgan fingerprint density at radius 3 is 2.33 bits per heavy atom. The van der Waals surface area contributed by atoms with E-state index in [1.165, 1.54) is 29.8 Å². The van der Waals surface area contributed by atoms with Crippen molar-refractivity contribution >= 4 is 11.8 Å². The fraction of sp³-hybridized carbons (Fsp3) is 0.250. The molecule has 1 aliphatic carbocycles. The number of benzene rings is 2. The van der Waals surface area contributed by atoms with E-state index in [2.05, 4.69) is 16.6 Å². The second-order valence-corrected chi connectivity index (χ2v) is 6.38. The number of halogens is 2. The lowest BCUT2D eigenvalue weighted by atomic mass is 9.78. The second-order valence-electron chi connectivity index (χ2n) is 6.38. The van der Waals surface area contributed by atoms with Crippen molar-refractivity contribution in [3.63, 3.8) is 0 Å². The SMILES string of the molecule is Fc1ccc(/C=C2\CCC[C@H]3C2=NN[C@H]3c2ccc(F)cc2)cc1. The average Bonchev–Trinajstić information content (AvgIpc) is 3.03. The maximum absolute atomic E-state index is 13.2. The number of fused-ring (bicyclic) bond motifs is 1. The molecule has 0 spiro atoms. The first kappa shape index (κ1) is 15.1. The zero-order valence-electron chi connectivity index (χ0n) is 13.2. The molecule has 1 N–H and O–H groups in total. The quantitative estimate of drug-likeness (QED) is 0.839. The van der Waals surface area contributed by atoms with Crippen LogP contribution in [0.15, 0.2) is 59.2 Å². The van der Waals surface area contributed by atoms with Crippen LogP contribution in [0.1, 0.15) is 36.4 Å². The highest BCUT2D eigenvalue weighted by molar-refractivity contribution is 6.07. The van der Waals surface area contributed by atoms with E-state index >= 15 is 0 Å². The second kappa shape index (κ2) is 6.19. The molecule has 1 fully saturated rings. The van der Waals surface area contributed by atoms with Crippen molar-refractivity contribution in [1.82, 2.24) is 5.43 Å². The average molecular weight is 324 g/mol. The Kier molecular flexibility index (Phi) is 3.89. The lowest BCUT2D eigenvalue weighted by molar-refractivity contribution is 0.450. The van der Waals surface area contributed by atoms with Crippen LogP contribution in [0, 0.1) is 17.6 Å². The highest BCUT2D eigenvalue weighted by Gasteiger charge is 2.36. The molecular weight excluding hydrogens is 306 g/mol. The zero-order valence-corrected chi connectivity index (χ0v) is 13.2. The number of hydrogen-bond acceptors (Lipinski definition) is 2. The minimum Gasteiger partial charge on any atom is -0.302 e. The van der Waals surface area contributed by atoms with Gasteiger partial charge in [-0.25, -0.2) is 8.78 Å². The van der Waals surface area contributed by atoms with E-state index < -0.39 is 0 Å². The van der Waals surface area contributed by atoms with Crippen LogP contribution in [0.2, 0.25) is 0 Å². The highest BCUT2D eigenvalue weighted by Crippen LogP contribution is 2.39. The molecule has 2 aromatic carbocycles. The molecule has 0 aromatic heterocycles. The van der Waals surface area contributed by atoms with Gasteiger partial charge in [-0.05, 0) is 66.3 Å². The van der Waals surface area contributed by atoms with Gasteiger partial charge in [-0.1, -0.05) is 24.3 Å². The molecular formula is C20H18F2N2. The molecule has 0 saturated heterocycles. The molecule has 0 unspecified atom stereocenters. The lowest BCUT2D eigenvalue weighted by Gasteiger charge is -2.26. The summed E-state index contributed by atoms with van der Waals surface area (Å²) in [5.74, 6) is -0.149. The predicted octanol–water partition coefficient (Wildman–Crippen LogP) is 4.85. The first-order valence-electron chi connectivity index (χ1n) is 8.26. The van der Waals surface area contributed by atoms with Gasteiger partial charge >= 0.3 is 0 Å². The van der Waals surface area contributed by atoms with Crippen molar-refractivity contribution in [2.45, 2.75) is 25.3 Å². The van der Waals surface area contributed by atoms with Crippen molar-refractivity contribution in [3.8, 4) is 0 Å². The van der Waals surface area contributed by atoms with E-state index in [4.69, 9.17) is 0 Å². The zero-order chi connectivity index (χ0) is 16.5. The van der Waals surface area contributed by atoms with Gasteiger partial charge < -0.3 is 5.43 Å². The molecule has 122 valence electrons. The number of nitrogens with one attached hydrogen (secondary N) is 1.